The lowest BCUT2D eigenvalue weighted by Gasteiger charge is -2.35. The molecule has 394 valence electrons. The van der Waals surface area contributed by atoms with Gasteiger partial charge >= 0.3 is 0 Å². The number of fused-ring (bicyclic) bond motifs is 7. The number of para-hydroxylation sites is 2. The van der Waals surface area contributed by atoms with E-state index in [9.17, 15) is 47.9 Å². The van der Waals surface area contributed by atoms with Gasteiger partial charge in [-0.2, -0.15) is 23.5 Å². The van der Waals surface area contributed by atoms with Gasteiger partial charge in [-0.1, -0.05) is 93.6 Å². The number of nitrogens with zero attached hydrogens (tertiary/aromatic N) is 6. The molecule has 4 N–H and O–H groups in total. The van der Waals surface area contributed by atoms with Crippen LogP contribution in [-0.4, -0.2) is 212 Å². The van der Waals surface area contributed by atoms with Gasteiger partial charge in [-0.05, 0) is 36.8 Å². The van der Waals surface area contributed by atoms with Crippen LogP contribution in [0, 0.1) is 0 Å². The number of carbonyl (C=O) groups is 10. The number of pyridine rings is 2. The summed E-state index contributed by atoms with van der Waals surface area (Å²) < 4.78 is 0. The molecular weight excluding hydrogens is 1070 g/mol. The highest BCUT2D eigenvalue weighted by molar-refractivity contribution is 8.76. The van der Waals surface area contributed by atoms with E-state index in [2.05, 4.69) is 31.2 Å². The third-order valence-corrected chi connectivity index (χ3v) is 18.0. The molecule has 26 heteroatoms. The molecule has 2 aromatic carbocycles. The van der Waals surface area contributed by atoms with Crippen molar-refractivity contribution in [3.8, 4) is 0 Å². The summed E-state index contributed by atoms with van der Waals surface area (Å²) >= 11 is 3.93. The van der Waals surface area contributed by atoms with Crippen molar-refractivity contribution in [1.29, 1.82) is 0 Å². The molecule has 8 amide bonds. The number of thioether (sulfide) groups is 4. The topological polar surface area (TPSA) is 258 Å². The van der Waals surface area contributed by atoms with Crippen LogP contribution in [0.3, 0.4) is 0 Å². The van der Waals surface area contributed by atoms with Crippen molar-refractivity contribution in [2.45, 2.75) is 36.3 Å². The predicted octanol–water partition coefficient (Wildman–Crippen LogP) is 1.87. The Kier molecular flexibility index (Phi) is 21.3. The van der Waals surface area contributed by atoms with Crippen LogP contribution in [0.1, 0.15) is 21.0 Å². The highest BCUT2D eigenvalue weighted by Gasteiger charge is 2.39. The summed E-state index contributed by atoms with van der Waals surface area (Å²) in [6, 6.07) is 13.1. The maximum Gasteiger partial charge on any atom is 0.270 e. The van der Waals surface area contributed by atoms with Crippen LogP contribution in [0.2, 0.25) is 0 Å². The van der Waals surface area contributed by atoms with Crippen LogP contribution in [0.4, 0.5) is 0 Å². The fraction of sp³-hybridized carbons (Fsp3) is 0.417. The molecular formula is C48H56N10O10S6. The standard InChI is InChI=1S/C48H56N10O10S6/c1-55-35-25-73-74-26-36(46(66)58(4)38(24-70-6)48(68)72-21-33(41(61)49-19-39(55)59)53-43(63)31-17-15-27-11-7-9-13-29(27)51-31)56(2)40(60)20-50-42(62)34(22-71-47(67)37(23-69-5)57(3)45(35)65)54-44(64)32-18-16-28-12-8-10-14-30(28)52-32/h7-18,33-38H,19-26H2,1-6H3,(H,49,61)(H,50,62)(H,53,63)(H,54,64)/t33-,34-,35+,36+,37+,38+/m1/s1. The fourth-order valence-electron chi connectivity index (χ4n) is 7.60. The predicted molar refractivity (Wildman–Crippen MR) is 295 cm³/mol. The van der Waals surface area contributed by atoms with Crippen LogP contribution in [0.5, 0.6) is 0 Å². The third-order valence-electron chi connectivity index (χ3n) is 12.2. The second-order valence-electron chi connectivity index (χ2n) is 17.0. The van der Waals surface area contributed by atoms with Crippen LogP contribution in [-0.2, 0) is 38.4 Å². The Hall–Kier alpha value is -5.54. The summed E-state index contributed by atoms with van der Waals surface area (Å²) in [7, 11) is 7.84. The molecule has 2 fully saturated rings. The van der Waals surface area contributed by atoms with Crippen LogP contribution in [0.25, 0.3) is 21.8 Å². The summed E-state index contributed by atoms with van der Waals surface area (Å²) in [5.41, 5.74) is 1.03. The Labute approximate surface area is 452 Å². The molecule has 0 spiro atoms. The lowest BCUT2D eigenvalue weighted by molar-refractivity contribution is -0.144. The van der Waals surface area contributed by atoms with Crippen molar-refractivity contribution in [3.05, 3.63) is 84.2 Å². The molecule has 2 aliphatic heterocycles. The van der Waals surface area contributed by atoms with Crippen molar-refractivity contribution in [2.75, 3.05) is 88.3 Å². The number of carbonyl (C=O) groups excluding carboxylic acids is 10. The second kappa shape index (κ2) is 27.3. The van der Waals surface area contributed by atoms with E-state index < -0.39 is 107 Å². The van der Waals surface area contributed by atoms with Gasteiger partial charge in [-0.3, -0.25) is 47.9 Å². The number of benzene rings is 2. The molecule has 6 rings (SSSR count). The quantitative estimate of drug-likeness (QED) is 0.184. The fourth-order valence-corrected chi connectivity index (χ4v) is 13.7. The first-order valence-corrected chi connectivity index (χ1v) is 30.2. The Balaban J connectivity index is 1.35. The molecule has 4 heterocycles. The normalized spacial score (nSPS) is 23.1. The van der Waals surface area contributed by atoms with Crippen molar-refractivity contribution in [1.82, 2.24) is 50.8 Å². The lowest BCUT2D eigenvalue weighted by atomic mass is 10.2. The summed E-state index contributed by atoms with van der Waals surface area (Å²) in [5, 5.41) is 10.9. The van der Waals surface area contributed by atoms with E-state index in [0.717, 1.165) is 42.2 Å². The summed E-state index contributed by atoms with van der Waals surface area (Å²) in [6.45, 7) is -1.26. The zero-order chi connectivity index (χ0) is 53.6. The first-order chi connectivity index (χ1) is 35.4. The monoisotopic (exact) mass is 1120 g/mol. The van der Waals surface area contributed by atoms with Gasteiger partial charge in [0, 0.05) is 73.5 Å². The van der Waals surface area contributed by atoms with Crippen molar-refractivity contribution in [3.63, 3.8) is 0 Å². The van der Waals surface area contributed by atoms with E-state index in [4.69, 9.17) is 0 Å². The molecule has 2 aliphatic rings. The van der Waals surface area contributed by atoms with Gasteiger partial charge < -0.3 is 40.9 Å². The molecule has 4 aromatic rings. The van der Waals surface area contributed by atoms with Crippen molar-refractivity contribution < 1.29 is 47.9 Å². The molecule has 0 saturated carbocycles. The van der Waals surface area contributed by atoms with Gasteiger partial charge in [0.25, 0.3) is 11.8 Å². The zero-order valence-corrected chi connectivity index (χ0v) is 46.2. The van der Waals surface area contributed by atoms with Crippen LogP contribution in [0.15, 0.2) is 72.8 Å². The van der Waals surface area contributed by atoms with Gasteiger partial charge in [0.2, 0.25) is 45.7 Å². The number of nitrogens with one attached hydrogen (secondary N) is 4. The number of amides is 8. The van der Waals surface area contributed by atoms with E-state index in [1.165, 1.54) is 73.6 Å². The molecule has 6 atom stereocenters. The molecule has 2 saturated heterocycles. The maximum atomic E-state index is 14.7. The molecule has 74 heavy (non-hydrogen) atoms. The number of likely N-dealkylation sites (N-methyl/N-ethyl adjacent to an activating group) is 4. The molecule has 2 bridgehead atoms. The van der Waals surface area contributed by atoms with E-state index in [0.29, 0.717) is 34.6 Å². The lowest BCUT2D eigenvalue weighted by Crippen LogP contribution is -2.57. The van der Waals surface area contributed by atoms with E-state index in [1.54, 1.807) is 48.9 Å². The Morgan fingerprint density at radius 3 is 1.31 bits per heavy atom. The summed E-state index contributed by atoms with van der Waals surface area (Å²) in [4.78, 5) is 155. The van der Waals surface area contributed by atoms with Gasteiger partial charge in [-0.15, -0.1) is 0 Å². The van der Waals surface area contributed by atoms with Crippen molar-refractivity contribution >= 4 is 148 Å². The maximum absolute atomic E-state index is 14.7. The minimum Gasteiger partial charge on any atom is -0.345 e. The van der Waals surface area contributed by atoms with Gasteiger partial charge in [-0.25, -0.2) is 9.97 Å². The highest BCUT2D eigenvalue weighted by Crippen LogP contribution is 2.29. The number of hydrogen-bond donors (Lipinski definition) is 4. The number of aromatic nitrogens is 2. The Morgan fingerprint density at radius 1 is 0.554 bits per heavy atom. The molecule has 0 radical (unpaired) electrons. The average molecular weight is 1130 g/mol. The minimum atomic E-state index is -1.41. The van der Waals surface area contributed by atoms with Crippen LogP contribution < -0.4 is 21.3 Å². The molecule has 20 nitrogen and oxygen atoms in total. The second-order valence-corrected chi connectivity index (χ2v) is 23.4. The third kappa shape index (κ3) is 14.6. The SMILES string of the molecule is CSC[C@H]1C(=O)SC[C@@H](NC(=O)c2ccc3ccccc3n2)C(=O)NCC(=O)N(C)[C@H]2CSSC[C@@H](C(=O)N1C)N(C)C(=O)CNC(=O)[C@H](NC(=O)c1ccc3ccccc3n1)CSC(=O)[C@H](CSC)N(C)C2=O. The smallest absolute Gasteiger partial charge is 0.270 e. The van der Waals surface area contributed by atoms with Gasteiger partial charge in [0.15, 0.2) is 0 Å². The van der Waals surface area contributed by atoms with E-state index >= 15 is 0 Å². The number of rotatable bonds is 8. The number of hydrogen-bond acceptors (Lipinski definition) is 18. The van der Waals surface area contributed by atoms with E-state index in [1.807, 2.05) is 24.3 Å². The molecule has 0 aliphatic carbocycles. The highest BCUT2D eigenvalue weighted by atomic mass is 33.1. The largest absolute Gasteiger partial charge is 0.345 e. The van der Waals surface area contributed by atoms with E-state index in [-0.39, 0.29) is 45.9 Å². The summed E-state index contributed by atoms with van der Waals surface area (Å²) in [6.07, 6.45) is 3.48. The van der Waals surface area contributed by atoms with Crippen molar-refractivity contribution in [2.24, 2.45) is 0 Å². The average Bonchev–Trinajstić information content (AvgIpc) is 3.41. The summed E-state index contributed by atoms with van der Waals surface area (Å²) in [5.74, 6) is -6.42. The molecule has 2 aromatic heterocycles. The minimum absolute atomic E-state index is 0.0115. The first kappa shape index (κ1) is 57.7. The van der Waals surface area contributed by atoms with Crippen LogP contribution >= 0.6 is 68.6 Å². The zero-order valence-electron chi connectivity index (χ0n) is 41.3. The Morgan fingerprint density at radius 2 is 0.932 bits per heavy atom. The van der Waals surface area contributed by atoms with Gasteiger partial charge in [0.1, 0.15) is 47.6 Å². The van der Waals surface area contributed by atoms with Gasteiger partial charge in [0.05, 0.1) is 24.1 Å². The first-order valence-electron chi connectivity index (χ1n) is 22.9. The Bertz CT molecular complexity index is 2610. The molecule has 0 unspecified atom stereocenters.